The van der Waals surface area contributed by atoms with Crippen LogP contribution in [-0.2, 0) is 0 Å². The second kappa shape index (κ2) is 3.29. The highest BCUT2D eigenvalue weighted by atomic mass is 16.4. The third-order valence-electron chi connectivity index (χ3n) is 2.29. The lowest BCUT2D eigenvalue weighted by Gasteiger charge is -2.01. The Morgan fingerprint density at radius 2 is 1.79 bits per heavy atom. The lowest BCUT2D eigenvalue weighted by atomic mass is 10.1. The summed E-state index contributed by atoms with van der Waals surface area (Å²) in [6.07, 6.45) is 0. The van der Waals surface area contributed by atoms with Crippen LogP contribution >= 0.6 is 0 Å². The fourth-order valence-electron chi connectivity index (χ4n) is 1.61. The zero-order valence-corrected chi connectivity index (χ0v) is 8.66. The predicted molar refractivity (Wildman–Crippen MR) is 56.2 cm³/mol. The highest BCUT2D eigenvalue weighted by molar-refractivity contribution is 5.63. The van der Waals surface area contributed by atoms with Gasteiger partial charge >= 0.3 is 0 Å². The maximum absolute atomic E-state index is 5.57. The average Bonchev–Trinajstić information content (AvgIpc) is 2.46. The lowest BCUT2D eigenvalue weighted by molar-refractivity contribution is 0.534. The molecule has 1 aromatic heterocycles. The first-order chi connectivity index (χ1) is 6.68. The van der Waals surface area contributed by atoms with Crippen molar-refractivity contribution in [1.29, 1.82) is 0 Å². The smallest absolute Gasteiger partial charge is 0.192 e. The van der Waals surface area contributed by atoms with E-state index in [9.17, 15) is 0 Å². The van der Waals surface area contributed by atoms with Gasteiger partial charge in [0.25, 0.3) is 0 Å². The third kappa shape index (κ3) is 1.43. The maximum atomic E-state index is 5.57. The van der Waals surface area contributed by atoms with Gasteiger partial charge in [-0.25, -0.2) is 4.98 Å². The summed E-state index contributed by atoms with van der Waals surface area (Å²) in [6.45, 7) is 5.92. The van der Waals surface area contributed by atoms with Crippen LogP contribution in [0.3, 0.4) is 0 Å². The Morgan fingerprint density at radius 1 is 1.07 bits per heavy atom. The Bertz CT molecular complexity index is 457. The molecule has 14 heavy (non-hydrogen) atoms. The van der Waals surface area contributed by atoms with Crippen LogP contribution in [0.2, 0.25) is 0 Å². The van der Waals surface area contributed by atoms with Gasteiger partial charge < -0.3 is 4.42 Å². The number of aromatic nitrogens is 1. The molecule has 1 aromatic carbocycles. The van der Waals surface area contributed by atoms with E-state index in [1.54, 1.807) is 0 Å². The largest absolute Gasteiger partial charge is 0.441 e. The Balaban J connectivity index is 2.60. The molecule has 2 heteroatoms. The Labute approximate surface area is 83.6 Å². The van der Waals surface area contributed by atoms with Crippen molar-refractivity contribution >= 4 is 0 Å². The molecule has 0 unspecified atom stereocenters. The van der Waals surface area contributed by atoms with E-state index in [4.69, 9.17) is 4.42 Å². The average molecular weight is 187 g/mol. The number of aryl methyl sites for hydroxylation is 3. The summed E-state index contributed by atoms with van der Waals surface area (Å²) in [5, 5.41) is 0. The van der Waals surface area contributed by atoms with Gasteiger partial charge in [-0.2, -0.15) is 0 Å². The van der Waals surface area contributed by atoms with Crippen molar-refractivity contribution in [3.63, 3.8) is 0 Å². The van der Waals surface area contributed by atoms with Crippen LogP contribution in [0.4, 0.5) is 0 Å². The van der Waals surface area contributed by atoms with Gasteiger partial charge in [-0.3, -0.25) is 0 Å². The summed E-state index contributed by atoms with van der Waals surface area (Å²) in [5.74, 6) is 1.61. The molecule has 2 nitrogen and oxygen atoms in total. The van der Waals surface area contributed by atoms with E-state index in [2.05, 4.69) is 24.0 Å². The van der Waals surface area contributed by atoms with Crippen molar-refractivity contribution in [1.82, 2.24) is 4.98 Å². The van der Waals surface area contributed by atoms with E-state index in [-0.39, 0.29) is 0 Å². The summed E-state index contributed by atoms with van der Waals surface area (Å²) in [7, 11) is 0. The monoisotopic (exact) mass is 187 g/mol. The molecule has 0 amide bonds. The first kappa shape index (κ1) is 9.00. The number of benzene rings is 1. The summed E-state index contributed by atoms with van der Waals surface area (Å²) in [5.41, 5.74) is 3.30. The van der Waals surface area contributed by atoms with E-state index in [0.717, 1.165) is 22.9 Å². The van der Waals surface area contributed by atoms with Crippen LogP contribution in [-0.4, -0.2) is 4.98 Å². The van der Waals surface area contributed by atoms with Crippen LogP contribution in [0.25, 0.3) is 11.3 Å². The summed E-state index contributed by atoms with van der Waals surface area (Å²) >= 11 is 0. The van der Waals surface area contributed by atoms with Crippen molar-refractivity contribution < 1.29 is 4.42 Å². The van der Waals surface area contributed by atoms with Crippen LogP contribution in [0, 0.1) is 20.8 Å². The van der Waals surface area contributed by atoms with Crippen LogP contribution in [0.15, 0.2) is 28.7 Å². The molecule has 0 saturated carbocycles. The second-order valence-electron chi connectivity index (χ2n) is 3.46. The predicted octanol–water partition coefficient (Wildman–Crippen LogP) is 3.27. The zero-order chi connectivity index (χ0) is 10.1. The Morgan fingerprint density at radius 3 is 2.36 bits per heavy atom. The molecule has 0 atom stereocenters. The minimum atomic E-state index is 0.723. The number of rotatable bonds is 1. The third-order valence-corrected chi connectivity index (χ3v) is 2.29. The molecule has 2 aromatic rings. The molecule has 0 bridgehead atoms. The fourth-order valence-corrected chi connectivity index (χ4v) is 1.61. The zero-order valence-electron chi connectivity index (χ0n) is 8.66. The van der Waals surface area contributed by atoms with Crippen molar-refractivity contribution in [2.45, 2.75) is 20.8 Å². The van der Waals surface area contributed by atoms with Crippen molar-refractivity contribution in [2.24, 2.45) is 0 Å². The van der Waals surface area contributed by atoms with Gasteiger partial charge in [-0.1, -0.05) is 24.3 Å². The Kier molecular flexibility index (Phi) is 2.12. The highest BCUT2D eigenvalue weighted by Gasteiger charge is 2.10. The molecule has 1 heterocycles. The molecule has 2 rings (SSSR count). The van der Waals surface area contributed by atoms with Gasteiger partial charge in [0.2, 0.25) is 0 Å². The summed E-state index contributed by atoms with van der Waals surface area (Å²) in [4.78, 5) is 4.26. The first-order valence-corrected chi connectivity index (χ1v) is 4.68. The van der Waals surface area contributed by atoms with Gasteiger partial charge in [0, 0.05) is 12.5 Å². The molecule has 72 valence electrons. The minimum absolute atomic E-state index is 0.723. The quantitative estimate of drug-likeness (QED) is 0.684. The molecule has 0 fully saturated rings. The lowest BCUT2D eigenvalue weighted by Crippen LogP contribution is -1.82. The molecule has 0 spiro atoms. The van der Waals surface area contributed by atoms with Crippen molar-refractivity contribution in [3.05, 3.63) is 41.4 Å². The van der Waals surface area contributed by atoms with Crippen molar-refractivity contribution in [2.75, 3.05) is 0 Å². The van der Waals surface area contributed by atoms with E-state index < -0.39 is 0 Å². The maximum Gasteiger partial charge on any atom is 0.192 e. The molecule has 0 aliphatic carbocycles. The van der Waals surface area contributed by atoms with Gasteiger partial charge in [-0.15, -0.1) is 0 Å². The summed E-state index contributed by atoms with van der Waals surface area (Å²) in [6, 6.07) is 8.17. The fraction of sp³-hybridized carbons (Fsp3) is 0.250. The van der Waals surface area contributed by atoms with Gasteiger partial charge in [-0.05, 0) is 19.4 Å². The first-order valence-electron chi connectivity index (χ1n) is 4.68. The standard InChI is InChI=1S/C12H13NO/c1-8-6-4-5-7-11(8)12-9(2)13-10(3)14-12/h4-7H,1-3H3. The van der Waals surface area contributed by atoms with E-state index in [1.165, 1.54) is 5.56 Å². The normalized spacial score (nSPS) is 10.5. The molecule has 0 aliphatic heterocycles. The number of oxazole rings is 1. The number of hydrogen-bond donors (Lipinski definition) is 0. The van der Waals surface area contributed by atoms with E-state index >= 15 is 0 Å². The van der Waals surface area contributed by atoms with Gasteiger partial charge in [0.1, 0.15) is 0 Å². The minimum Gasteiger partial charge on any atom is -0.441 e. The van der Waals surface area contributed by atoms with Gasteiger partial charge in [0.15, 0.2) is 11.7 Å². The Hall–Kier alpha value is -1.57. The van der Waals surface area contributed by atoms with Crippen LogP contribution in [0.1, 0.15) is 17.1 Å². The molecular weight excluding hydrogens is 174 g/mol. The molecule has 0 saturated heterocycles. The van der Waals surface area contributed by atoms with E-state index in [0.29, 0.717) is 0 Å². The van der Waals surface area contributed by atoms with Crippen LogP contribution in [0.5, 0.6) is 0 Å². The molecule has 0 N–H and O–H groups in total. The van der Waals surface area contributed by atoms with Crippen LogP contribution < -0.4 is 0 Å². The highest BCUT2D eigenvalue weighted by Crippen LogP contribution is 2.26. The molecule has 0 radical (unpaired) electrons. The van der Waals surface area contributed by atoms with Crippen molar-refractivity contribution in [3.8, 4) is 11.3 Å². The second-order valence-corrected chi connectivity index (χ2v) is 3.46. The van der Waals surface area contributed by atoms with E-state index in [1.807, 2.05) is 26.0 Å². The SMILES string of the molecule is Cc1nc(C)c(-c2ccccc2C)o1. The number of hydrogen-bond acceptors (Lipinski definition) is 2. The number of nitrogens with zero attached hydrogens (tertiary/aromatic N) is 1. The van der Waals surface area contributed by atoms with Gasteiger partial charge in [0.05, 0.1) is 5.69 Å². The molecule has 0 aliphatic rings. The summed E-state index contributed by atoms with van der Waals surface area (Å²) < 4.78 is 5.57. The molecular formula is C12H13NO. The topological polar surface area (TPSA) is 26.0 Å².